The molecular formula is C18H7BrClF10N3O. The quantitative estimate of drug-likeness (QED) is 0.303. The summed E-state index contributed by atoms with van der Waals surface area (Å²) in [6.45, 7) is 0. The number of amides is 1. The number of anilines is 2. The van der Waals surface area contributed by atoms with Crippen LogP contribution in [-0.4, -0.2) is 24.2 Å². The van der Waals surface area contributed by atoms with Crippen LogP contribution in [0.5, 0.6) is 0 Å². The van der Waals surface area contributed by atoms with Gasteiger partial charge in [-0.3, -0.25) is 4.79 Å². The van der Waals surface area contributed by atoms with Crippen molar-refractivity contribution in [3.05, 3.63) is 56.3 Å². The van der Waals surface area contributed by atoms with Crippen molar-refractivity contribution >= 4 is 44.8 Å². The van der Waals surface area contributed by atoms with Gasteiger partial charge in [-0.25, -0.2) is 8.78 Å². The van der Waals surface area contributed by atoms with Crippen molar-refractivity contribution in [2.75, 3.05) is 11.1 Å². The first-order valence-corrected chi connectivity index (χ1v) is 9.47. The summed E-state index contributed by atoms with van der Waals surface area (Å²) in [5, 5.41) is 9.55. The third kappa shape index (κ3) is 4.36. The fourth-order valence-electron chi connectivity index (χ4n) is 2.66. The van der Waals surface area contributed by atoms with Crippen molar-refractivity contribution in [3.63, 3.8) is 0 Å². The van der Waals surface area contributed by atoms with Gasteiger partial charge in [-0.2, -0.15) is 40.4 Å². The lowest BCUT2D eigenvalue weighted by Gasteiger charge is -2.36. The molecule has 0 aromatic heterocycles. The maximum absolute atomic E-state index is 14.6. The van der Waals surface area contributed by atoms with E-state index in [0.717, 1.165) is 12.1 Å². The van der Waals surface area contributed by atoms with Gasteiger partial charge in [0.2, 0.25) is 0 Å². The number of carbonyl (C=O) groups is 1. The first-order valence-electron chi connectivity index (χ1n) is 8.30. The number of carbonyl (C=O) groups excluding carboxylic acids is 1. The molecule has 0 aliphatic heterocycles. The lowest BCUT2D eigenvalue weighted by atomic mass is 9.87. The maximum Gasteiger partial charge on any atom is 0.457 e. The third-order valence-electron chi connectivity index (χ3n) is 4.40. The Morgan fingerprint density at radius 2 is 1.59 bits per heavy atom. The highest BCUT2D eigenvalue weighted by molar-refractivity contribution is 9.10. The fourth-order valence-corrected chi connectivity index (χ4v) is 3.60. The normalized spacial score (nSPS) is 14.3. The van der Waals surface area contributed by atoms with E-state index in [4.69, 9.17) is 22.6 Å². The number of nitrogens with one attached hydrogen (secondary N) is 1. The molecule has 0 spiro atoms. The van der Waals surface area contributed by atoms with Crippen LogP contribution in [0.4, 0.5) is 55.3 Å². The Morgan fingerprint density at radius 3 is 2.03 bits per heavy atom. The number of nitriles is 1. The molecule has 0 aliphatic carbocycles. The Kier molecular flexibility index (Phi) is 7.13. The van der Waals surface area contributed by atoms with Crippen LogP contribution in [0.25, 0.3) is 0 Å². The van der Waals surface area contributed by atoms with Gasteiger partial charge in [-0.05, 0) is 40.2 Å². The first-order chi connectivity index (χ1) is 15.3. The largest absolute Gasteiger partial charge is 0.457 e. The van der Waals surface area contributed by atoms with E-state index >= 15 is 0 Å². The number of hydrogen-bond acceptors (Lipinski definition) is 3. The van der Waals surface area contributed by atoms with Crippen LogP contribution >= 0.6 is 27.5 Å². The minimum absolute atomic E-state index is 0.0991. The standard InChI is InChI=1S/C18H7BrClF10N3O/c19-9-3-7(15(22,17(25,26)27)16(23,24)18(28,29)30)4-10(20)13(9)33-14(34)8-2-1-6(5-31)12(32)11(8)21/h1-4H,32H2,(H,33,34). The summed E-state index contributed by atoms with van der Waals surface area (Å²) in [5.74, 6) is -9.66. The van der Waals surface area contributed by atoms with Crippen molar-refractivity contribution in [2.24, 2.45) is 0 Å². The Morgan fingerprint density at radius 1 is 1.03 bits per heavy atom. The Labute approximate surface area is 196 Å². The smallest absolute Gasteiger partial charge is 0.395 e. The zero-order valence-electron chi connectivity index (χ0n) is 15.8. The topological polar surface area (TPSA) is 78.9 Å². The Balaban J connectivity index is 2.60. The molecule has 16 heteroatoms. The van der Waals surface area contributed by atoms with Crippen molar-refractivity contribution in [1.29, 1.82) is 5.26 Å². The van der Waals surface area contributed by atoms with Gasteiger partial charge in [0.25, 0.3) is 5.91 Å². The molecule has 2 aromatic rings. The molecule has 4 nitrogen and oxygen atoms in total. The summed E-state index contributed by atoms with van der Waals surface area (Å²) in [5.41, 5.74) is -5.73. The zero-order chi connectivity index (χ0) is 26.4. The first kappa shape index (κ1) is 27.5. The van der Waals surface area contributed by atoms with E-state index in [1.54, 1.807) is 0 Å². The second kappa shape index (κ2) is 8.81. The molecule has 184 valence electrons. The highest BCUT2D eigenvalue weighted by atomic mass is 79.9. The van der Waals surface area contributed by atoms with E-state index in [1.807, 2.05) is 5.32 Å². The summed E-state index contributed by atoms with van der Waals surface area (Å²) in [6.07, 6.45) is -13.7. The summed E-state index contributed by atoms with van der Waals surface area (Å²) in [7, 11) is 0. The van der Waals surface area contributed by atoms with E-state index < -0.39 is 67.7 Å². The van der Waals surface area contributed by atoms with Crippen LogP contribution in [0.2, 0.25) is 5.02 Å². The zero-order valence-corrected chi connectivity index (χ0v) is 18.1. The van der Waals surface area contributed by atoms with Crippen LogP contribution in [0.3, 0.4) is 0 Å². The Hall–Kier alpha value is -2.73. The molecule has 34 heavy (non-hydrogen) atoms. The van der Waals surface area contributed by atoms with Gasteiger partial charge in [0.15, 0.2) is 5.82 Å². The number of rotatable bonds is 4. The number of hydrogen-bond donors (Lipinski definition) is 2. The second-order valence-electron chi connectivity index (χ2n) is 6.50. The van der Waals surface area contributed by atoms with Crippen LogP contribution in [-0.2, 0) is 5.67 Å². The average Bonchev–Trinajstić information content (AvgIpc) is 2.69. The summed E-state index contributed by atoms with van der Waals surface area (Å²) >= 11 is 8.15. The number of alkyl halides is 9. The van der Waals surface area contributed by atoms with E-state index in [2.05, 4.69) is 15.9 Å². The van der Waals surface area contributed by atoms with E-state index in [9.17, 15) is 48.7 Å². The van der Waals surface area contributed by atoms with Gasteiger partial charge in [0, 0.05) is 10.0 Å². The molecule has 0 radical (unpaired) electrons. The molecule has 0 saturated heterocycles. The molecule has 1 unspecified atom stereocenters. The number of nitrogens with zero attached hydrogens (tertiary/aromatic N) is 1. The second-order valence-corrected chi connectivity index (χ2v) is 7.76. The molecule has 0 heterocycles. The predicted octanol–water partition coefficient (Wildman–Crippen LogP) is 6.87. The molecule has 1 amide bonds. The number of benzene rings is 2. The van der Waals surface area contributed by atoms with Gasteiger partial charge < -0.3 is 11.1 Å². The van der Waals surface area contributed by atoms with Gasteiger partial charge in [0.05, 0.1) is 27.5 Å². The van der Waals surface area contributed by atoms with E-state index in [-0.39, 0.29) is 17.7 Å². The molecular weight excluding hydrogens is 580 g/mol. The molecule has 3 N–H and O–H groups in total. The lowest BCUT2D eigenvalue weighted by molar-refractivity contribution is -0.389. The van der Waals surface area contributed by atoms with Crippen molar-refractivity contribution < 1.29 is 48.7 Å². The summed E-state index contributed by atoms with van der Waals surface area (Å²) < 4.78 is 133. The number of nitrogen functional groups attached to an aromatic ring is 1. The summed E-state index contributed by atoms with van der Waals surface area (Å²) in [6, 6.07) is 2.99. The maximum atomic E-state index is 14.6. The average molecular weight is 587 g/mol. The fraction of sp³-hybridized carbons (Fsp3) is 0.222. The number of nitrogens with two attached hydrogens (primary N) is 1. The highest BCUT2D eigenvalue weighted by Gasteiger charge is 2.81. The van der Waals surface area contributed by atoms with Gasteiger partial charge >= 0.3 is 23.9 Å². The molecule has 1 atom stereocenters. The minimum atomic E-state index is -6.95. The Bertz CT molecular complexity index is 1170. The number of halogens is 12. The summed E-state index contributed by atoms with van der Waals surface area (Å²) in [4.78, 5) is 12.3. The molecule has 0 fully saturated rings. The molecule has 0 bridgehead atoms. The van der Waals surface area contributed by atoms with E-state index in [0.29, 0.717) is 0 Å². The molecule has 2 rings (SSSR count). The molecule has 2 aromatic carbocycles. The molecule has 0 saturated carbocycles. The van der Waals surface area contributed by atoms with Gasteiger partial charge in [-0.1, -0.05) is 11.6 Å². The van der Waals surface area contributed by atoms with Crippen molar-refractivity contribution in [3.8, 4) is 6.07 Å². The van der Waals surface area contributed by atoms with E-state index in [1.165, 1.54) is 6.07 Å². The van der Waals surface area contributed by atoms with Crippen LogP contribution in [0, 0.1) is 17.1 Å². The predicted molar refractivity (Wildman–Crippen MR) is 102 cm³/mol. The van der Waals surface area contributed by atoms with Gasteiger partial charge in [0.1, 0.15) is 6.07 Å². The lowest BCUT2D eigenvalue weighted by Crippen LogP contribution is -2.59. The minimum Gasteiger partial charge on any atom is -0.395 e. The van der Waals surface area contributed by atoms with Crippen LogP contribution in [0.15, 0.2) is 28.7 Å². The van der Waals surface area contributed by atoms with Crippen molar-refractivity contribution in [1.82, 2.24) is 0 Å². The van der Waals surface area contributed by atoms with Crippen molar-refractivity contribution in [2.45, 2.75) is 23.9 Å². The molecule has 0 aliphatic rings. The highest BCUT2D eigenvalue weighted by Crippen LogP contribution is 2.59. The monoisotopic (exact) mass is 585 g/mol. The third-order valence-corrected chi connectivity index (χ3v) is 5.33. The van der Waals surface area contributed by atoms with Crippen LogP contribution in [0.1, 0.15) is 21.5 Å². The van der Waals surface area contributed by atoms with Gasteiger partial charge in [-0.15, -0.1) is 0 Å². The van der Waals surface area contributed by atoms with Crippen LogP contribution < -0.4 is 11.1 Å². The SMILES string of the molecule is N#Cc1ccc(C(=O)Nc2c(Cl)cc(C(F)(C(F)(F)F)C(F)(F)C(F)(F)F)cc2Br)c(F)c1N.